The van der Waals surface area contributed by atoms with Crippen molar-refractivity contribution in [3.05, 3.63) is 0 Å². The van der Waals surface area contributed by atoms with Gasteiger partial charge in [-0.05, 0) is 26.3 Å². The van der Waals surface area contributed by atoms with E-state index in [1.807, 2.05) is 0 Å². The van der Waals surface area contributed by atoms with Gasteiger partial charge in [-0.2, -0.15) is 8.78 Å². The van der Waals surface area contributed by atoms with Crippen LogP contribution in [0.2, 0.25) is 0 Å². The van der Waals surface area contributed by atoms with E-state index < -0.39 is 17.5 Å². The van der Waals surface area contributed by atoms with Gasteiger partial charge >= 0.3 is 5.97 Å². The Morgan fingerprint density at radius 3 is 2.67 bits per heavy atom. The predicted molar refractivity (Wildman–Crippen MR) is 52.6 cm³/mol. The van der Waals surface area contributed by atoms with E-state index in [0.717, 1.165) is 0 Å². The lowest BCUT2D eigenvalue weighted by Crippen LogP contribution is -2.50. The van der Waals surface area contributed by atoms with Crippen molar-refractivity contribution in [1.29, 1.82) is 0 Å². The molecule has 0 unspecified atom stereocenters. The Labute approximate surface area is 92.1 Å². The van der Waals surface area contributed by atoms with Crippen molar-refractivity contribution < 1.29 is 18.3 Å². The normalized spacial score (nSPS) is 15.1. The van der Waals surface area contributed by atoms with Crippen molar-refractivity contribution in [3.63, 3.8) is 0 Å². The lowest BCUT2D eigenvalue weighted by atomic mass is 10.1. The van der Waals surface area contributed by atoms with Gasteiger partial charge in [0, 0.05) is 0 Å². The molecule has 4 nitrogen and oxygen atoms in total. The molecule has 0 aromatic heterocycles. The molecule has 0 amide bonds. The molecule has 1 atom stereocenters. The molecule has 0 rings (SSSR count). The molecule has 0 radical (unpaired) electrons. The molecule has 90 valence electrons. The Morgan fingerprint density at radius 2 is 2.27 bits per heavy atom. The minimum atomic E-state index is -2.88. The van der Waals surface area contributed by atoms with Crippen LogP contribution in [0.4, 0.5) is 8.78 Å². The molecule has 0 fully saturated rings. The molecule has 0 aliphatic rings. The van der Waals surface area contributed by atoms with E-state index in [9.17, 15) is 13.6 Å². The molecule has 0 bridgehead atoms. The average molecular weight is 245 g/mol. The first-order valence-corrected chi connectivity index (χ1v) is 4.96. The third-order valence-corrected chi connectivity index (χ3v) is 2.11. The molecule has 0 spiro atoms. The molecular formula is C8H15ClF2N2O2. The van der Waals surface area contributed by atoms with Crippen molar-refractivity contribution in [2.24, 2.45) is 5.73 Å². The van der Waals surface area contributed by atoms with Crippen LogP contribution in [-0.2, 0) is 9.53 Å². The number of nitrogens with one attached hydrogen (secondary N) is 1. The lowest BCUT2D eigenvalue weighted by molar-refractivity contribution is -0.149. The summed E-state index contributed by atoms with van der Waals surface area (Å²) in [6, 6.07) is 0. The zero-order chi connectivity index (χ0) is 11.9. The van der Waals surface area contributed by atoms with Crippen LogP contribution in [0.15, 0.2) is 0 Å². The number of esters is 1. The monoisotopic (exact) mass is 244 g/mol. The van der Waals surface area contributed by atoms with Crippen LogP contribution < -0.4 is 11.1 Å². The molecule has 0 saturated heterocycles. The summed E-state index contributed by atoms with van der Waals surface area (Å²) in [5.74, 6) is -0.902. The average Bonchev–Trinajstić information content (AvgIpc) is 2.14. The first-order chi connectivity index (χ1) is 6.96. The third-order valence-electron chi connectivity index (χ3n) is 1.66. The highest BCUT2D eigenvalue weighted by Gasteiger charge is 2.39. The molecule has 7 heteroatoms. The van der Waals surface area contributed by atoms with Gasteiger partial charge in [-0.15, -0.1) is 0 Å². The summed E-state index contributed by atoms with van der Waals surface area (Å²) < 4.78 is 28.8. The number of rotatable bonds is 7. The van der Waals surface area contributed by atoms with E-state index >= 15 is 0 Å². The summed E-state index contributed by atoms with van der Waals surface area (Å²) in [6.45, 7) is -0.968. The zero-order valence-electron chi connectivity index (χ0n) is 8.43. The highest BCUT2D eigenvalue weighted by atomic mass is 35.5. The fraction of sp³-hybridized carbons (Fsp3) is 0.875. The Hall–Kier alpha value is -0.460. The van der Waals surface area contributed by atoms with E-state index in [1.54, 1.807) is 12.2 Å². The molecule has 0 aromatic carbocycles. The van der Waals surface area contributed by atoms with Gasteiger partial charge in [-0.3, -0.25) is 0 Å². The number of hydrogen-bond acceptors (Lipinski definition) is 4. The Balaban J connectivity index is 4.45. The van der Waals surface area contributed by atoms with Crippen molar-refractivity contribution in [3.8, 4) is 0 Å². The maximum Gasteiger partial charge on any atom is 0.342 e. The first-order valence-electron chi connectivity index (χ1n) is 4.58. The number of ether oxygens (including phenoxy) is 1. The van der Waals surface area contributed by atoms with Crippen molar-refractivity contribution in [1.82, 2.24) is 5.32 Å². The summed E-state index contributed by atoms with van der Waals surface area (Å²) >= 11 is 5.72. The van der Waals surface area contributed by atoms with Crippen molar-refractivity contribution >= 4 is 17.6 Å². The van der Waals surface area contributed by atoms with E-state index in [1.165, 1.54) is 0 Å². The summed E-state index contributed by atoms with van der Waals surface area (Å²) in [4.78, 5) is 9.43. The predicted octanol–water partition coefficient (Wildman–Crippen LogP) is 1.04. The summed E-state index contributed by atoms with van der Waals surface area (Å²) in [5, 5.41) is 1.68. The molecule has 3 N–H and O–H groups in total. The minimum Gasteiger partial charge on any atom is -0.464 e. The van der Waals surface area contributed by atoms with Crippen LogP contribution in [0.5, 0.6) is 0 Å². The first kappa shape index (κ1) is 14.5. The molecule has 15 heavy (non-hydrogen) atoms. The van der Waals surface area contributed by atoms with E-state index in [-0.39, 0.29) is 19.6 Å². The molecular weight excluding hydrogens is 230 g/mol. The largest absolute Gasteiger partial charge is 0.464 e. The zero-order valence-corrected chi connectivity index (χ0v) is 9.19. The minimum absolute atomic E-state index is 0.00573. The molecule has 0 aliphatic heterocycles. The highest BCUT2D eigenvalue weighted by molar-refractivity contribution is 6.33. The fourth-order valence-electron chi connectivity index (χ4n) is 0.997. The quantitative estimate of drug-likeness (QED) is 0.399. The van der Waals surface area contributed by atoms with Crippen molar-refractivity contribution in [2.75, 3.05) is 13.2 Å². The van der Waals surface area contributed by atoms with E-state index in [4.69, 9.17) is 17.3 Å². The van der Waals surface area contributed by atoms with Gasteiger partial charge in [-0.1, -0.05) is 11.6 Å². The Morgan fingerprint density at radius 1 is 1.67 bits per heavy atom. The Kier molecular flexibility index (Phi) is 6.71. The standard InChI is InChI=1S/C8H15ClF2N2O2/c1-2-15-6(14)8(9,4-3-5-12)13-7(10)11/h7,13H,2-5,12H2,1H3/t8-/m0/s1. The third kappa shape index (κ3) is 5.25. The van der Waals surface area contributed by atoms with Crippen LogP contribution in [-0.4, -0.2) is 30.7 Å². The number of halogens is 3. The van der Waals surface area contributed by atoms with Gasteiger partial charge in [0.2, 0.25) is 0 Å². The number of nitrogens with two attached hydrogens (primary N) is 1. The van der Waals surface area contributed by atoms with Crippen LogP contribution in [0.1, 0.15) is 19.8 Å². The van der Waals surface area contributed by atoms with Gasteiger partial charge in [0.05, 0.1) is 6.61 Å². The van der Waals surface area contributed by atoms with E-state index in [0.29, 0.717) is 6.42 Å². The van der Waals surface area contributed by atoms with Gasteiger partial charge in [0.25, 0.3) is 6.55 Å². The summed E-state index contributed by atoms with van der Waals surface area (Å²) in [5.41, 5.74) is 5.21. The fourth-order valence-corrected chi connectivity index (χ4v) is 1.27. The smallest absolute Gasteiger partial charge is 0.342 e. The van der Waals surface area contributed by atoms with Crippen LogP contribution in [0.25, 0.3) is 0 Å². The second-order valence-corrected chi connectivity index (χ2v) is 3.50. The lowest BCUT2D eigenvalue weighted by Gasteiger charge is -2.25. The topological polar surface area (TPSA) is 64.3 Å². The van der Waals surface area contributed by atoms with Crippen LogP contribution >= 0.6 is 11.6 Å². The second kappa shape index (κ2) is 6.92. The number of carbonyl (C=O) groups excluding carboxylic acids is 1. The molecule has 0 heterocycles. The maximum atomic E-state index is 12.1. The maximum absolute atomic E-state index is 12.1. The second-order valence-electron chi connectivity index (χ2n) is 2.86. The molecule has 0 aliphatic carbocycles. The molecule has 0 saturated carbocycles. The highest BCUT2D eigenvalue weighted by Crippen LogP contribution is 2.21. The van der Waals surface area contributed by atoms with Crippen molar-refractivity contribution in [2.45, 2.75) is 31.3 Å². The van der Waals surface area contributed by atoms with Gasteiger partial charge in [0.15, 0.2) is 5.00 Å². The van der Waals surface area contributed by atoms with E-state index in [2.05, 4.69) is 4.74 Å². The molecule has 0 aromatic rings. The van der Waals surface area contributed by atoms with Gasteiger partial charge in [0.1, 0.15) is 0 Å². The van der Waals surface area contributed by atoms with Crippen LogP contribution in [0, 0.1) is 0 Å². The number of carbonyl (C=O) groups is 1. The summed E-state index contributed by atoms with van der Waals surface area (Å²) in [7, 11) is 0. The van der Waals surface area contributed by atoms with Gasteiger partial charge < -0.3 is 10.5 Å². The SMILES string of the molecule is CCOC(=O)[C@](Cl)(CCCN)NC(F)F. The summed E-state index contributed by atoms with van der Waals surface area (Å²) in [6.07, 6.45) is 0.344. The van der Waals surface area contributed by atoms with Gasteiger partial charge in [-0.25, -0.2) is 10.1 Å². The number of alkyl halides is 3. The number of hydrogen-bond donors (Lipinski definition) is 2. The Bertz CT molecular complexity index is 207. The van der Waals surface area contributed by atoms with Crippen LogP contribution in [0.3, 0.4) is 0 Å².